The highest BCUT2D eigenvalue weighted by molar-refractivity contribution is 8.00. The van der Waals surface area contributed by atoms with Crippen molar-refractivity contribution in [3.63, 3.8) is 0 Å². The van der Waals surface area contributed by atoms with Gasteiger partial charge in [0, 0.05) is 16.3 Å². The fourth-order valence-electron chi connectivity index (χ4n) is 3.13. The number of amides is 1. The quantitative estimate of drug-likeness (QED) is 0.633. The molecule has 3 rings (SSSR count). The second kappa shape index (κ2) is 7.62. The topological polar surface area (TPSA) is 54.9 Å². The molecule has 0 aromatic carbocycles. The summed E-state index contributed by atoms with van der Waals surface area (Å²) in [4.78, 5) is 23.5. The van der Waals surface area contributed by atoms with Gasteiger partial charge in [-0.05, 0) is 44.6 Å². The van der Waals surface area contributed by atoms with E-state index in [0.29, 0.717) is 5.75 Å². The molecule has 0 unspecified atom stereocenters. The molecule has 0 radical (unpaired) electrons. The van der Waals surface area contributed by atoms with Crippen LogP contribution >= 0.6 is 23.1 Å². The molecule has 1 aliphatic rings. The molecule has 0 bridgehead atoms. The van der Waals surface area contributed by atoms with Crippen molar-refractivity contribution in [3.05, 3.63) is 16.8 Å². The van der Waals surface area contributed by atoms with Crippen molar-refractivity contribution in [2.45, 2.75) is 63.4 Å². The predicted molar refractivity (Wildman–Crippen MR) is 97.3 cm³/mol. The number of nitrogens with one attached hydrogen (secondary N) is 1. The van der Waals surface area contributed by atoms with E-state index in [9.17, 15) is 4.79 Å². The molecule has 2 aromatic heterocycles. The molecule has 0 spiro atoms. The first-order valence-electron chi connectivity index (χ1n) is 8.36. The second-order valence-electron chi connectivity index (χ2n) is 6.12. The number of fused-ring (bicyclic) bond motifs is 3. The number of rotatable bonds is 6. The van der Waals surface area contributed by atoms with Gasteiger partial charge < -0.3 is 5.32 Å². The van der Waals surface area contributed by atoms with Gasteiger partial charge in [-0.2, -0.15) is 0 Å². The van der Waals surface area contributed by atoms with Gasteiger partial charge in [-0.25, -0.2) is 9.97 Å². The Kier molecular flexibility index (Phi) is 5.54. The van der Waals surface area contributed by atoms with Gasteiger partial charge in [-0.1, -0.05) is 25.1 Å². The minimum Gasteiger partial charge on any atom is -0.353 e. The highest BCUT2D eigenvalue weighted by Crippen LogP contribution is 2.39. The van der Waals surface area contributed by atoms with Gasteiger partial charge in [0.05, 0.1) is 5.75 Å². The molecule has 23 heavy (non-hydrogen) atoms. The van der Waals surface area contributed by atoms with Crippen molar-refractivity contribution in [1.82, 2.24) is 15.3 Å². The third-order valence-electron chi connectivity index (χ3n) is 4.19. The Morgan fingerprint density at radius 2 is 2.22 bits per heavy atom. The van der Waals surface area contributed by atoms with Crippen molar-refractivity contribution in [3.8, 4) is 0 Å². The number of thioether (sulfide) groups is 1. The van der Waals surface area contributed by atoms with Crippen LogP contribution in [0.15, 0.2) is 11.4 Å². The number of hydrogen-bond acceptors (Lipinski definition) is 5. The van der Waals surface area contributed by atoms with Crippen LogP contribution in [0.25, 0.3) is 10.2 Å². The molecule has 1 aliphatic carbocycles. The van der Waals surface area contributed by atoms with Crippen molar-refractivity contribution in [2.75, 3.05) is 5.75 Å². The Bertz CT molecular complexity index is 698. The van der Waals surface area contributed by atoms with E-state index in [1.165, 1.54) is 40.4 Å². The molecule has 0 saturated heterocycles. The highest BCUT2D eigenvalue weighted by atomic mass is 32.2. The van der Waals surface area contributed by atoms with Crippen molar-refractivity contribution < 1.29 is 4.79 Å². The monoisotopic (exact) mass is 349 g/mol. The predicted octanol–water partition coefficient (Wildman–Crippen LogP) is 3.97. The minimum atomic E-state index is 0.0896. The number of aryl methyl sites for hydroxylation is 2. The minimum absolute atomic E-state index is 0.0896. The lowest BCUT2D eigenvalue weighted by Gasteiger charge is -2.13. The smallest absolute Gasteiger partial charge is 0.230 e. The van der Waals surface area contributed by atoms with Crippen LogP contribution in [0.1, 0.15) is 50.0 Å². The van der Waals surface area contributed by atoms with Crippen LogP contribution < -0.4 is 5.32 Å². The van der Waals surface area contributed by atoms with Gasteiger partial charge in [-0.15, -0.1) is 11.3 Å². The van der Waals surface area contributed by atoms with Gasteiger partial charge in [0.15, 0.2) is 0 Å². The molecular formula is C17H23N3OS2. The van der Waals surface area contributed by atoms with E-state index < -0.39 is 0 Å². The van der Waals surface area contributed by atoms with E-state index in [1.807, 2.05) is 0 Å². The maximum absolute atomic E-state index is 12.1. The van der Waals surface area contributed by atoms with Crippen LogP contribution in [0, 0.1) is 0 Å². The normalized spacial score (nSPS) is 15.4. The van der Waals surface area contributed by atoms with E-state index in [2.05, 4.69) is 29.1 Å². The zero-order valence-electron chi connectivity index (χ0n) is 13.7. The summed E-state index contributed by atoms with van der Waals surface area (Å²) in [7, 11) is 0. The molecule has 1 amide bonds. The molecule has 0 saturated carbocycles. The second-order valence-corrected chi connectivity index (χ2v) is 8.16. The van der Waals surface area contributed by atoms with Gasteiger partial charge in [0.25, 0.3) is 0 Å². The summed E-state index contributed by atoms with van der Waals surface area (Å²) < 4.78 is 0. The molecule has 1 N–H and O–H groups in total. The average Bonchev–Trinajstić information content (AvgIpc) is 2.92. The zero-order chi connectivity index (χ0) is 16.2. The number of aromatic nitrogens is 2. The van der Waals surface area contributed by atoms with Crippen molar-refractivity contribution >= 4 is 39.2 Å². The fraction of sp³-hybridized carbons (Fsp3) is 0.588. The van der Waals surface area contributed by atoms with Crippen molar-refractivity contribution in [2.24, 2.45) is 0 Å². The average molecular weight is 350 g/mol. The maximum Gasteiger partial charge on any atom is 0.230 e. The maximum atomic E-state index is 12.1. The summed E-state index contributed by atoms with van der Waals surface area (Å²) in [5.41, 5.74) is 1.43. The van der Waals surface area contributed by atoms with Gasteiger partial charge in [0.1, 0.15) is 16.2 Å². The lowest BCUT2D eigenvalue weighted by atomic mass is 9.97. The van der Waals surface area contributed by atoms with E-state index in [4.69, 9.17) is 0 Å². The van der Waals surface area contributed by atoms with E-state index >= 15 is 0 Å². The summed E-state index contributed by atoms with van der Waals surface area (Å²) in [6.45, 7) is 4.19. The number of hydrogen-bond donors (Lipinski definition) is 1. The first-order chi connectivity index (χ1) is 11.2. The van der Waals surface area contributed by atoms with Crippen molar-refractivity contribution in [1.29, 1.82) is 0 Å². The zero-order valence-corrected chi connectivity index (χ0v) is 15.4. The Hall–Kier alpha value is -1.14. The third-order valence-corrected chi connectivity index (χ3v) is 6.37. The Labute approximate surface area is 145 Å². The summed E-state index contributed by atoms with van der Waals surface area (Å²) in [5.74, 6) is 0.511. The fourth-order valence-corrected chi connectivity index (χ4v) is 5.26. The first-order valence-corrected chi connectivity index (χ1v) is 10.2. The summed E-state index contributed by atoms with van der Waals surface area (Å²) in [6.07, 6.45) is 8.53. The van der Waals surface area contributed by atoms with Gasteiger partial charge in [0.2, 0.25) is 5.91 Å². The van der Waals surface area contributed by atoms with Crippen LogP contribution in [-0.2, 0) is 17.6 Å². The van der Waals surface area contributed by atoms with E-state index in [-0.39, 0.29) is 11.9 Å². The number of carbonyl (C=O) groups is 1. The molecule has 2 aromatic rings. The molecular weight excluding hydrogens is 326 g/mol. The molecule has 4 nitrogen and oxygen atoms in total. The SMILES string of the molecule is CCC[C@@H](C)NC(=O)CSc1ncnc2sc3c(c12)CCCC3. The van der Waals surface area contributed by atoms with Crippen LogP contribution in [-0.4, -0.2) is 27.7 Å². The lowest BCUT2D eigenvalue weighted by molar-refractivity contribution is -0.119. The standard InChI is InChI=1S/C17H23N3OS2/c1-3-6-11(2)20-14(21)9-22-16-15-12-7-4-5-8-13(12)23-17(15)19-10-18-16/h10-11H,3-9H2,1-2H3,(H,20,21)/t11-/m1/s1. The molecule has 1 atom stereocenters. The molecule has 6 heteroatoms. The van der Waals surface area contributed by atoms with E-state index in [0.717, 1.165) is 35.5 Å². The molecule has 0 aliphatic heterocycles. The Morgan fingerprint density at radius 1 is 1.39 bits per heavy atom. The van der Waals surface area contributed by atoms with Crippen LogP contribution in [0.2, 0.25) is 0 Å². The summed E-state index contributed by atoms with van der Waals surface area (Å²) in [6, 6.07) is 0.243. The van der Waals surface area contributed by atoms with Gasteiger partial charge >= 0.3 is 0 Å². The largest absolute Gasteiger partial charge is 0.353 e. The van der Waals surface area contributed by atoms with E-state index in [1.54, 1.807) is 17.7 Å². The number of thiophene rings is 1. The van der Waals surface area contributed by atoms with Crippen LogP contribution in [0.5, 0.6) is 0 Å². The van der Waals surface area contributed by atoms with Gasteiger partial charge in [-0.3, -0.25) is 4.79 Å². The number of nitrogens with zero attached hydrogens (tertiary/aromatic N) is 2. The first kappa shape index (κ1) is 16.7. The molecule has 124 valence electrons. The highest BCUT2D eigenvalue weighted by Gasteiger charge is 2.20. The summed E-state index contributed by atoms with van der Waals surface area (Å²) in [5, 5.41) is 5.22. The lowest BCUT2D eigenvalue weighted by Crippen LogP contribution is -2.33. The Balaban J connectivity index is 1.73. The van der Waals surface area contributed by atoms with Crippen LogP contribution in [0.3, 0.4) is 0 Å². The van der Waals surface area contributed by atoms with Crippen LogP contribution in [0.4, 0.5) is 0 Å². The number of carbonyl (C=O) groups excluding carboxylic acids is 1. The third kappa shape index (κ3) is 3.86. The molecule has 2 heterocycles. The Morgan fingerprint density at radius 3 is 3.04 bits per heavy atom. The molecule has 0 fully saturated rings. The summed E-state index contributed by atoms with van der Waals surface area (Å²) >= 11 is 3.34.